The van der Waals surface area contributed by atoms with Crippen molar-refractivity contribution >= 4 is 5.97 Å². The van der Waals surface area contributed by atoms with Crippen LogP contribution in [0.25, 0.3) is 0 Å². The van der Waals surface area contributed by atoms with Crippen molar-refractivity contribution in [2.45, 2.75) is 31.8 Å². The van der Waals surface area contributed by atoms with Gasteiger partial charge in [-0.15, -0.1) is 0 Å². The molecule has 1 N–H and O–H groups in total. The topological polar surface area (TPSA) is 38.3 Å². The van der Waals surface area contributed by atoms with E-state index in [0.29, 0.717) is 6.54 Å². The van der Waals surface area contributed by atoms with Gasteiger partial charge in [-0.2, -0.15) is 0 Å². The molecule has 18 heavy (non-hydrogen) atoms. The van der Waals surface area contributed by atoms with Crippen molar-refractivity contribution in [3.05, 3.63) is 35.6 Å². The number of hydrogen-bond donors (Lipinski definition) is 1. The SMILES string of the molecule is COC(=O)C1CCC[C@@H]1NCc1ccc(F)cc1. The van der Waals surface area contributed by atoms with Crippen molar-refractivity contribution in [2.75, 3.05) is 7.11 Å². The molecule has 98 valence electrons. The highest BCUT2D eigenvalue weighted by atomic mass is 19.1. The van der Waals surface area contributed by atoms with Gasteiger partial charge in [0.1, 0.15) is 5.82 Å². The first-order chi connectivity index (χ1) is 8.70. The summed E-state index contributed by atoms with van der Waals surface area (Å²) in [5.41, 5.74) is 1.02. The summed E-state index contributed by atoms with van der Waals surface area (Å²) in [6.45, 7) is 0.651. The lowest BCUT2D eigenvalue weighted by molar-refractivity contribution is -0.145. The molecule has 0 aliphatic heterocycles. The number of carbonyl (C=O) groups excluding carboxylic acids is 1. The van der Waals surface area contributed by atoms with Crippen LogP contribution in [0.2, 0.25) is 0 Å². The minimum Gasteiger partial charge on any atom is -0.469 e. The third kappa shape index (κ3) is 3.07. The highest BCUT2D eigenvalue weighted by Crippen LogP contribution is 2.26. The van der Waals surface area contributed by atoms with Gasteiger partial charge in [0, 0.05) is 12.6 Å². The molecule has 1 aliphatic carbocycles. The van der Waals surface area contributed by atoms with E-state index in [1.807, 2.05) is 0 Å². The molecule has 1 aromatic rings. The molecule has 0 saturated heterocycles. The van der Waals surface area contributed by atoms with Crippen LogP contribution in [0.5, 0.6) is 0 Å². The Hall–Kier alpha value is -1.42. The summed E-state index contributed by atoms with van der Waals surface area (Å²) in [5.74, 6) is -0.411. The number of benzene rings is 1. The van der Waals surface area contributed by atoms with Crippen molar-refractivity contribution in [1.29, 1.82) is 0 Å². The fraction of sp³-hybridized carbons (Fsp3) is 0.500. The molecule has 1 aromatic carbocycles. The molecule has 2 rings (SSSR count). The Bertz CT molecular complexity index is 405. The fourth-order valence-electron chi connectivity index (χ4n) is 2.49. The Morgan fingerprint density at radius 1 is 1.39 bits per heavy atom. The van der Waals surface area contributed by atoms with Gasteiger partial charge in [-0.1, -0.05) is 18.6 Å². The largest absolute Gasteiger partial charge is 0.469 e. The molecule has 1 saturated carbocycles. The molecule has 0 heterocycles. The van der Waals surface area contributed by atoms with Gasteiger partial charge in [0.2, 0.25) is 0 Å². The van der Waals surface area contributed by atoms with Crippen LogP contribution < -0.4 is 5.32 Å². The molecule has 0 aromatic heterocycles. The molecular formula is C14H18FNO2. The molecule has 3 nitrogen and oxygen atoms in total. The maximum Gasteiger partial charge on any atom is 0.310 e. The monoisotopic (exact) mass is 251 g/mol. The van der Waals surface area contributed by atoms with Crippen LogP contribution in [0.15, 0.2) is 24.3 Å². The first kappa shape index (κ1) is 13.0. The number of nitrogens with one attached hydrogen (secondary N) is 1. The van der Waals surface area contributed by atoms with Crippen molar-refractivity contribution in [3.8, 4) is 0 Å². The Morgan fingerprint density at radius 2 is 2.11 bits per heavy atom. The third-order valence-electron chi connectivity index (χ3n) is 3.50. The van der Waals surface area contributed by atoms with E-state index in [9.17, 15) is 9.18 Å². The molecular weight excluding hydrogens is 233 g/mol. The van der Waals surface area contributed by atoms with Crippen LogP contribution in [-0.2, 0) is 16.1 Å². The van der Waals surface area contributed by atoms with Gasteiger partial charge in [0.05, 0.1) is 13.0 Å². The summed E-state index contributed by atoms with van der Waals surface area (Å²) in [6, 6.07) is 6.57. The van der Waals surface area contributed by atoms with Crippen LogP contribution in [0.4, 0.5) is 4.39 Å². The minimum atomic E-state index is -0.230. The molecule has 0 amide bonds. The molecule has 4 heteroatoms. The third-order valence-corrected chi connectivity index (χ3v) is 3.50. The van der Waals surface area contributed by atoms with Gasteiger partial charge >= 0.3 is 5.97 Å². The zero-order chi connectivity index (χ0) is 13.0. The summed E-state index contributed by atoms with van der Waals surface area (Å²) in [5, 5.41) is 3.36. The van der Waals surface area contributed by atoms with E-state index in [0.717, 1.165) is 24.8 Å². The summed E-state index contributed by atoms with van der Waals surface area (Å²) in [6.07, 6.45) is 2.91. The average molecular weight is 251 g/mol. The number of esters is 1. The molecule has 0 bridgehead atoms. The van der Waals surface area contributed by atoms with E-state index in [2.05, 4.69) is 5.32 Å². The summed E-state index contributed by atoms with van der Waals surface area (Å²) >= 11 is 0. The van der Waals surface area contributed by atoms with Crippen molar-refractivity contribution in [3.63, 3.8) is 0 Å². The average Bonchev–Trinajstić information content (AvgIpc) is 2.85. The Morgan fingerprint density at radius 3 is 2.78 bits per heavy atom. The maximum atomic E-state index is 12.8. The zero-order valence-electron chi connectivity index (χ0n) is 10.5. The quantitative estimate of drug-likeness (QED) is 0.834. The Balaban J connectivity index is 1.89. The van der Waals surface area contributed by atoms with E-state index in [4.69, 9.17) is 4.74 Å². The highest BCUT2D eigenvalue weighted by molar-refractivity contribution is 5.73. The smallest absolute Gasteiger partial charge is 0.310 e. The fourth-order valence-corrected chi connectivity index (χ4v) is 2.49. The van der Waals surface area contributed by atoms with Crippen LogP contribution in [-0.4, -0.2) is 19.1 Å². The molecule has 1 aliphatic rings. The van der Waals surface area contributed by atoms with Crippen molar-refractivity contribution in [2.24, 2.45) is 5.92 Å². The Labute approximate surface area is 106 Å². The standard InChI is InChI=1S/C14H18FNO2/c1-18-14(17)12-3-2-4-13(12)16-9-10-5-7-11(15)8-6-10/h5-8,12-13,16H,2-4,9H2,1H3/t12?,13-/m0/s1. The second-order valence-corrected chi connectivity index (χ2v) is 4.67. The first-order valence-electron chi connectivity index (χ1n) is 6.26. The lowest BCUT2D eigenvalue weighted by Crippen LogP contribution is -2.36. The summed E-state index contributed by atoms with van der Waals surface area (Å²) < 4.78 is 17.6. The Kier molecular flexibility index (Phi) is 4.31. The summed E-state index contributed by atoms with van der Waals surface area (Å²) in [4.78, 5) is 11.6. The highest BCUT2D eigenvalue weighted by Gasteiger charge is 2.33. The lowest BCUT2D eigenvalue weighted by Gasteiger charge is -2.19. The van der Waals surface area contributed by atoms with Gasteiger partial charge in [-0.25, -0.2) is 4.39 Å². The van der Waals surface area contributed by atoms with Gasteiger partial charge in [0.25, 0.3) is 0 Å². The van der Waals surface area contributed by atoms with Gasteiger partial charge < -0.3 is 10.1 Å². The molecule has 2 atom stereocenters. The maximum absolute atomic E-state index is 12.8. The van der Waals surface area contributed by atoms with Gasteiger partial charge in [0.15, 0.2) is 0 Å². The van der Waals surface area contributed by atoms with Crippen molar-refractivity contribution < 1.29 is 13.9 Å². The van der Waals surface area contributed by atoms with E-state index in [1.165, 1.54) is 19.2 Å². The summed E-state index contributed by atoms with van der Waals surface area (Å²) in [7, 11) is 1.43. The number of hydrogen-bond acceptors (Lipinski definition) is 3. The molecule has 0 spiro atoms. The molecule has 1 fully saturated rings. The van der Waals surface area contributed by atoms with Crippen LogP contribution in [0.3, 0.4) is 0 Å². The lowest BCUT2D eigenvalue weighted by atomic mass is 10.0. The van der Waals surface area contributed by atoms with E-state index < -0.39 is 0 Å². The predicted molar refractivity (Wildman–Crippen MR) is 66.4 cm³/mol. The number of rotatable bonds is 4. The van der Waals surface area contributed by atoms with Crippen LogP contribution in [0.1, 0.15) is 24.8 Å². The van der Waals surface area contributed by atoms with Crippen molar-refractivity contribution in [1.82, 2.24) is 5.32 Å². The second kappa shape index (κ2) is 5.96. The predicted octanol–water partition coefficient (Wildman–Crippen LogP) is 2.26. The minimum absolute atomic E-state index is 0.0459. The van der Waals surface area contributed by atoms with Gasteiger partial charge in [-0.05, 0) is 30.5 Å². The second-order valence-electron chi connectivity index (χ2n) is 4.67. The van der Waals surface area contributed by atoms with E-state index >= 15 is 0 Å². The number of ether oxygens (including phenoxy) is 1. The van der Waals surface area contributed by atoms with Gasteiger partial charge in [-0.3, -0.25) is 4.79 Å². The molecule has 0 radical (unpaired) electrons. The van der Waals surface area contributed by atoms with E-state index in [1.54, 1.807) is 12.1 Å². The number of methoxy groups -OCH3 is 1. The van der Waals surface area contributed by atoms with Crippen LogP contribution in [0, 0.1) is 11.7 Å². The first-order valence-corrected chi connectivity index (χ1v) is 6.26. The number of carbonyl (C=O) groups is 1. The molecule has 1 unspecified atom stereocenters. The van der Waals surface area contributed by atoms with E-state index in [-0.39, 0.29) is 23.7 Å². The number of halogens is 1. The van der Waals surface area contributed by atoms with Crippen LogP contribution >= 0.6 is 0 Å². The normalized spacial score (nSPS) is 23.0. The zero-order valence-corrected chi connectivity index (χ0v) is 10.5.